The molecule has 1 amide bonds. The summed E-state index contributed by atoms with van der Waals surface area (Å²) in [7, 11) is 0. The monoisotopic (exact) mass is 380 g/mol. The molecule has 1 aliphatic heterocycles. The van der Waals surface area contributed by atoms with E-state index < -0.39 is 0 Å². The highest BCUT2D eigenvalue weighted by Crippen LogP contribution is 2.20. The number of nitrogens with zero attached hydrogens (tertiary/aromatic N) is 2. The summed E-state index contributed by atoms with van der Waals surface area (Å²) in [5.74, 6) is 1.14. The molecule has 2 rings (SSSR count). The zero-order valence-corrected chi connectivity index (χ0v) is 17.3. The summed E-state index contributed by atoms with van der Waals surface area (Å²) in [5.41, 5.74) is 5.38. The van der Waals surface area contributed by atoms with E-state index >= 15 is 0 Å². The number of guanidine groups is 1. The number of amides is 1. The highest BCUT2D eigenvalue weighted by Gasteiger charge is 2.23. The van der Waals surface area contributed by atoms with Crippen LogP contribution in [-0.4, -0.2) is 55.7 Å². The van der Waals surface area contributed by atoms with Gasteiger partial charge in [-0.1, -0.05) is 25.7 Å². The molecule has 2 aliphatic rings. The van der Waals surface area contributed by atoms with Gasteiger partial charge in [0.25, 0.3) is 0 Å². The second-order valence-electron chi connectivity index (χ2n) is 8.05. The Morgan fingerprint density at radius 2 is 1.93 bits per heavy atom. The van der Waals surface area contributed by atoms with E-state index in [2.05, 4.69) is 17.1 Å². The summed E-state index contributed by atoms with van der Waals surface area (Å²) in [5, 5.41) is 3.40. The van der Waals surface area contributed by atoms with Gasteiger partial charge in [-0.2, -0.15) is 0 Å². The number of aliphatic imine (C=N–C) groups is 1. The summed E-state index contributed by atoms with van der Waals surface area (Å²) in [6, 6.07) is 0. The van der Waals surface area contributed by atoms with Crippen molar-refractivity contribution in [3.63, 3.8) is 0 Å². The fraction of sp³-hybridized carbons (Fsp3) is 0.905. The van der Waals surface area contributed by atoms with Crippen molar-refractivity contribution in [3.8, 4) is 0 Å². The number of unbranched alkanes of at least 4 members (excludes halogenated alkanes) is 1. The molecule has 1 atom stereocenters. The Morgan fingerprint density at radius 3 is 2.63 bits per heavy atom. The second kappa shape index (κ2) is 13.0. The normalized spacial score (nSPS) is 22.5. The third-order valence-corrected chi connectivity index (χ3v) is 5.61. The van der Waals surface area contributed by atoms with Crippen LogP contribution in [0.15, 0.2) is 4.99 Å². The van der Waals surface area contributed by atoms with Crippen molar-refractivity contribution in [1.82, 2.24) is 10.2 Å². The predicted octanol–water partition coefficient (Wildman–Crippen LogP) is 3.06. The minimum absolute atomic E-state index is 0.197. The summed E-state index contributed by atoms with van der Waals surface area (Å²) in [4.78, 5) is 18.3. The molecule has 0 aromatic rings. The Bertz CT molecular complexity index is 447. The van der Waals surface area contributed by atoms with Crippen molar-refractivity contribution in [2.24, 2.45) is 16.6 Å². The van der Waals surface area contributed by atoms with E-state index in [4.69, 9.17) is 15.5 Å². The molecule has 1 heterocycles. The maximum Gasteiger partial charge on any atom is 0.217 e. The SMILES string of the molecule is CCNC(=NCCCCOC1CCCCCC1)N1CCCC(CC(N)=O)C1. The molecular formula is C21H40N4O2. The first kappa shape index (κ1) is 22.0. The average Bonchev–Trinajstić information content (AvgIpc) is 2.92. The topological polar surface area (TPSA) is 80.0 Å². The molecule has 0 radical (unpaired) electrons. The van der Waals surface area contributed by atoms with Crippen molar-refractivity contribution in [2.45, 2.75) is 83.7 Å². The number of rotatable bonds is 9. The van der Waals surface area contributed by atoms with Gasteiger partial charge in [-0.3, -0.25) is 9.79 Å². The number of piperidine rings is 1. The van der Waals surface area contributed by atoms with Crippen molar-refractivity contribution in [1.29, 1.82) is 0 Å². The average molecular weight is 381 g/mol. The fourth-order valence-electron chi connectivity index (χ4n) is 4.19. The number of hydrogen-bond donors (Lipinski definition) is 2. The number of likely N-dealkylation sites (tertiary alicyclic amines) is 1. The molecule has 2 fully saturated rings. The van der Waals surface area contributed by atoms with Gasteiger partial charge in [0.15, 0.2) is 5.96 Å². The first-order chi connectivity index (χ1) is 13.2. The Balaban J connectivity index is 1.68. The largest absolute Gasteiger partial charge is 0.378 e. The van der Waals surface area contributed by atoms with Gasteiger partial charge < -0.3 is 20.7 Å². The Hall–Kier alpha value is -1.30. The van der Waals surface area contributed by atoms with Crippen LogP contribution in [0.3, 0.4) is 0 Å². The first-order valence-corrected chi connectivity index (χ1v) is 11.1. The molecule has 27 heavy (non-hydrogen) atoms. The number of nitrogens with two attached hydrogens (primary N) is 1. The van der Waals surface area contributed by atoms with E-state index in [-0.39, 0.29) is 5.91 Å². The summed E-state index contributed by atoms with van der Waals surface area (Å²) in [6.07, 6.45) is 13.2. The van der Waals surface area contributed by atoms with Gasteiger partial charge in [0.2, 0.25) is 5.91 Å². The van der Waals surface area contributed by atoms with Crippen LogP contribution in [0.25, 0.3) is 0 Å². The molecule has 0 spiro atoms. The molecule has 0 aromatic heterocycles. The van der Waals surface area contributed by atoms with Crippen molar-refractivity contribution in [3.05, 3.63) is 0 Å². The fourth-order valence-corrected chi connectivity index (χ4v) is 4.19. The lowest BCUT2D eigenvalue weighted by Gasteiger charge is -2.34. The number of ether oxygens (including phenoxy) is 1. The summed E-state index contributed by atoms with van der Waals surface area (Å²) in [6.45, 7) is 6.53. The quantitative estimate of drug-likeness (QED) is 0.279. The van der Waals surface area contributed by atoms with E-state index in [1.165, 1.54) is 38.5 Å². The molecule has 0 bridgehead atoms. The second-order valence-corrected chi connectivity index (χ2v) is 8.05. The van der Waals surface area contributed by atoms with Crippen LogP contribution < -0.4 is 11.1 Å². The highest BCUT2D eigenvalue weighted by molar-refractivity contribution is 5.80. The lowest BCUT2D eigenvalue weighted by molar-refractivity contribution is -0.119. The molecule has 6 heteroatoms. The Kier molecular flexibility index (Phi) is 10.6. The summed E-state index contributed by atoms with van der Waals surface area (Å²) >= 11 is 0. The molecular weight excluding hydrogens is 340 g/mol. The Labute approximate surface area is 165 Å². The van der Waals surface area contributed by atoms with Gasteiger partial charge in [0.05, 0.1) is 6.10 Å². The molecule has 1 saturated heterocycles. The van der Waals surface area contributed by atoms with E-state index in [1.807, 2.05) is 0 Å². The standard InChI is InChI=1S/C21H40N4O2/c1-2-23-21(25-14-9-10-18(17-25)16-20(22)26)24-13-7-8-15-27-19-11-5-3-4-6-12-19/h18-19H,2-17H2,1H3,(H2,22,26)(H,23,24). The molecule has 1 saturated carbocycles. The van der Waals surface area contributed by atoms with Gasteiger partial charge >= 0.3 is 0 Å². The van der Waals surface area contributed by atoms with Gasteiger partial charge in [0.1, 0.15) is 0 Å². The van der Waals surface area contributed by atoms with Crippen LogP contribution in [0.1, 0.15) is 77.6 Å². The third kappa shape index (κ3) is 8.96. The van der Waals surface area contributed by atoms with E-state index in [9.17, 15) is 4.79 Å². The number of primary amides is 1. The van der Waals surface area contributed by atoms with Crippen LogP contribution in [0, 0.1) is 5.92 Å². The van der Waals surface area contributed by atoms with Gasteiger partial charge in [-0.15, -0.1) is 0 Å². The van der Waals surface area contributed by atoms with E-state index in [0.29, 0.717) is 18.4 Å². The number of carbonyl (C=O) groups excluding carboxylic acids is 1. The number of nitrogens with one attached hydrogen (secondary N) is 1. The minimum atomic E-state index is -0.197. The lowest BCUT2D eigenvalue weighted by atomic mass is 9.95. The summed E-state index contributed by atoms with van der Waals surface area (Å²) < 4.78 is 6.07. The van der Waals surface area contributed by atoms with Crippen molar-refractivity contribution in [2.75, 3.05) is 32.8 Å². The number of carbonyl (C=O) groups is 1. The maximum absolute atomic E-state index is 11.2. The van der Waals surface area contributed by atoms with Crippen LogP contribution in [0.2, 0.25) is 0 Å². The first-order valence-electron chi connectivity index (χ1n) is 11.1. The smallest absolute Gasteiger partial charge is 0.217 e. The molecule has 3 N–H and O–H groups in total. The third-order valence-electron chi connectivity index (χ3n) is 5.61. The van der Waals surface area contributed by atoms with E-state index in [1.54, 1.807) is 0 Å². The maximum atomic E-state index is 11.2. The van der Waals surface area contributed by atoms with Gasteiger partial charge in [-0.25, -0.2) is 0 Å². The molecule has 156 valence electrons. The minimum Gasteiger partial charge on any atom is -0.378 e. The zero-order valence-electron chi connectivity index (χ0n) is 17.3. The molecule has 0 aromatic carbocycles. The Morgan fingerprint density at radius 1 is 1.15 bits per heavy atom. The van der Waals surface area contributed by atoms with Crippen LogP contribution in [-0.2, 0) is 9.53 Å². The van der Waals surface area contributed by atoms with Crippen LogP contribution >= 0.6 is 0 Å². The zero-order chi connectivity index (χ0) is 19.3. The van der Waals surface area contributed by atoms with Gasteiger partial charge in [0, 0.05) is 39.2 Å². The molecule has 1 unspecified atom stereocenters. The number of hydrogen-bond acceptors (Lipinski definition) is 3. The lowest BCUT2D eigenvalue weighted by Crippen LogP contribution is -2.47. The van der Waals surface area contributed by atoms with Crippen molar-refractivity contribution < 1.29 is 9.53 Å². The van der Waals surface area contributed by atoms with Crippen LogP contribution in [0.5, 0.6) is 0 Å². The van der Waals surface area contributed by atoms with E-state index in [0.717, 1.165) is 64.4 Å². The van der Waals surface area contributed by atoms with Crippen LogP contribution in [0.4, 0.5) is 0 Å². The molecule has 6 nitrogen and oxygen atoms in total. The van der Waals surface area contributed by atoms with Gasteiger partial charge in [-0.05, 0) is 51.4 Å². The predicted molar refractivity (Wildman–Crippen MR) is 111 cm³/mol. The molecule has 1 aliphatic carbocycles. The highest BCUT2D eigenvalue weighted by atomic mass is 16.5. The van der Waals surface area contributed by atoms with Crippen molar-refractivity contribution >= 4 is 11.9 Å².